The molecular formula is C24H33N3O5. The molecule has 8 nitrogen and oxygen atoms in total. The third kappa shape index (κ3) is 6.02. The lowest BCUT2D eigenvalue weighted by molar-refractivity contribution is -0.121. The molecule has 1 aromatic heterocycles. The van der Waals surface area contributed by atoms with Crippen molar-refractivity contribution >= 4 is 34.7 Å². The average Bonchev–Trinajstić information content (AvgIpc) is 3.09. The minimum absolute atomic E-state index is 0.0697. The molecule has 8 heteroatoms. The molecule has 1 saturated heterocycles. The molecule has 1 aromatic carbocycles. The zero-order chi connectivity index (χ0) is 23.7. The van der Waals surface area contributed by atoms with Crippen LogP contribution in [0.2, 0.25) is 0 Å². The van der Waals surface area contributed by atoms with Gasteiger partial charge in [0.25, 0.3) is 0 Å². The molecule has 0 unspecified atom stereocenters. The van der Waals surface area contributed by atoms with Crippen LogP contribution in [0.15, 0.2) is 30.5 Å². The standard InChI is InChI=1S/C24H33N3O5/c1-23(2,3)31-21(29)26-12-9-16(10-13-26)20(28)25-18-7-8-19-17(15-18)11-14-27(19)22(30)32-24(4,5)6/h7-8,11,14-16H,9-10,12-13H2,1-6H3,(H,25,28). The van der Waals surface area contributed by atoms with E-state index in [9.17, 15) is 14.4 Å². The van der Waals surface area contributed by atoms with Crippen LogP contribution in [0.3, 0.4) is 0 Å². The number of anilines is 1. The Morgan fingerprint density at radius 1 is 0.906 bits per heavy atom. The maximum Gasteiger partial charge on any atom is 0.418 e. The highest BCUT2D eigenvalue weighted by Gasteiger charge is 2.30. The third-order valence-corrected chi connectivity index (χ3v) is 5.07. The molecular weight excluding hydrogens is 410 g/mol. The van der Waals surface area contributed by atoms with E-state index in [1.165, 1.54) is 4.57 Å². The van der Waals surface area contributed by atoms with Crippen LogP contribution in [0.4, 0.5) is 15.3 Å². The summed E-state index contributed by atoms with van der Waals surface area (Å²) in [7, 11) is 0. The van der Waals surface area contributed by atoms with E-state index < -0.39 is 17.3 Å². The number of hydrogen-bond donors (Lipinski definition) is 1. The lowest BCUT2D eigenvalue weighted by Crippen LogP contribution is -2.43. The summed E-state index contributed by atoms with van der Waals surface area (Å²) in [5.41, 5.74) is 0.259. The average molecular weight is 444 g/mol. The van der Waals surface area contributed by atoms with Gasteiger partial charge < -0.3 is 19.7 Å². The van der Waals surface area contributed by atoms with Crippen molar-refractivity contribution in [2.45, 2.75) is 65.6 Å². The predicted molar refractivity (Wildman–Crippen MR) is 123 cm³/mol. The number of carbonyl (C=O) groups excluding carboxylic acids is 3. The molecule has 2 heterocycles. The van der Waals surface area contributed by atoms with E-state index in [0.29, 0.717) is 37.1 Å². The van der Waals surface area contributed by atoms with Crippen molar-refractivity contribution in [1.29, 1.82) is 0 Å². The van der Waals surface area contributed by atoms with Gasteiger partial charge in [0.05, 0.1) is 5.52 Å². The number of ether oxygens (including phenoxy) is 2. The van der Waals surface area contributed by atoms with Gasteiger partial charge in [-0.2, -0.15) is 0 Å². The lowest BCUT2D eigenvalue weighted by atomic mass is 9.96. The number of amides is 2. The summed E-state index contributed by atoms with van der Waals surface area (Å²) in [6, 6.07) is 7.22. The van der Waals surface area contributed by atoms with Crippen molar-refractivity contribution in [2.24, 2.45) is 5.92 Å². The molecule has 2 amide bonds. The number of rotatable bonds is 2. The highest BCUT2D eigenvalue weighted by atomic mass is 16.6. The Hall–Kier alpha value is -3.03. The molecule has 3 rings (SSSR count). The first-order chi connectivity index (χ1) is 14.8. The fraction of sp³-hybridized carbons (Fsp3) is 0.542. The number of aromatic nitrogens is 1. The highest BCUT2D eigenvalue weighted by molar-refractivity contribution is 5.97. The number of hydrogen-bond acceptors (Lipinski definition) is 5. The molecule has 1 aliphatic rings. The van der Waals surface area contributed by atoms with Crippen LogP contribution in [0.1, 0.15) is 54.4 Å². The molecule has 0 bridgehead atoms. The van der Waals surface area contributed by atoms with E-state index in [-0.39, 0.29) is 17.9 Å². The Bertz CT molecular complexity index is 1000. The van der Waals surface area contributed by atoms with Crippen molar-refractivity contribution in [3.8, 4) is 0 Å². The van der Waals surface area contributed by atoms with Crippen LogP contribution >= 0.6 is 0 Å². The van der Waals surface area contributed by atoms with E-state index in [2.05, 4.69) is 5.32 Å². The highest BCUT2D eigenvalue weighted by Crippen LogP contribution is 2.25. The molecule has 0 aliphatic carbocycles. The van der Waals surface area contributed by atoms with Gasteiger partial charge in [-0.05, 0) is 78.6 Å². The maximum atomic E-state index is 12.8. The van der Waals surface area contributed by atoms with Crippen LogP contribution in [-0.4, -0.2) is 51.9 Å². The molecule has 0 radical (unpaired) electrons. The normalized spacial score (nSPS) is 15.5. The van der Waals surface area contributed by atoms with Gasteiger partial charge in [0, 0.05) is 36.3 Å². The van der Waals surface area contributed by atoms with Gasteiger partial charge in [-0.15, -0.1) is 0 Å². The molecule has 2 aromatic rings. The number of carbonyl (C=O) groups is 3. The van der Waals surface area contributed by atoms with Crippen molar-refractivity contribution in [1.82, 2.24) is 9.47 Å². The van der Waals surface area contributed by atoms with Crippen LogP contribution in [-0.2, 0) is 14.3 Å². The van der Waals surface area contributed by atoms with Crippen molar-refractivity contribution in [2.75, 3.05) is 18.4 Å². The largest absolute Gasteiger partial charge is 0.444 e. The Kier molecular flexibility index (Phi) is 6.53. The second kappa shape index (κ2) is 8.84. The number of fused-ring (bicyclic) bond motifs is 1. The monoisotopic (exact) mass is 443 g/mol. The minimum atomic E-state index is -0.583. The molecule has 1 N–H and O–H groups in total. The van der Waals surface area contributed by atoms with Crippen molar-refractivity contribution in [3.63, 3.8) is 0 Å². The van der Waals surface area contributed by atoms with Crippen LogP contribution in [0, 0.1) is 5.92 Å². The summed E-state index contributed by atoms with van der Waals surface area (Å²) in [6.07, 6.45) is 2.05. The number of nitrogens with one attached hydrogen (secondary N) is 1. The van der Waals surface area contributed by atoms with Crippen LogP contribution in [0.25, 0.3) is 10.9 Å². The van der Waals surface area contributed by atoms with E-state index in [1.54, 1.807) is 23.2 Å². The van der Waals surface area contributed by atoms with E-state index in [0.717, 1.165) is 5.39 Å². The zero-order valence-corrected chi connectivity index (χ0v) is 19.7. The van der Waals surface area contributed by atoms with E-state index >= 15 is 0 Å². The quantitative estimate of drug-likeness (QED) is 0.705. The molecule has 32 heavy (non-hydrogen) atoms. The van der Waals surface area contributed by atoms with Crippen LogP contribution in [0.5, 0.6) is 0 Å². The Morgan fingerprint density at radius 3 is 2.09 bits per heavy atom. The second-order valence-corrected chi connectivity index (χ2v) is 10.2. The zero-order valence-electron chi connectivity index (χ0n) is 19.7. The maximum absolute atomic E-state index is 12.8. The van der Waals surface area contributed by atoms with E-state index in [1.807, 2.05) is 53.7 Å². The second-order valence-electron chi connectivity index (χ2n) is 10.2. The molecule has 1 fully saturated rings. The Balaban J connectivity index is 1.59. The number of piperidine rings is 1. The van der Waals surface area contributed by atoms with Gasteiger partial charge in [0.15, 0.2) is 0 Å². The summed E-state index contributed by atoms with van der Waals surface area (Å²) >= 11 is 0. The predicted octanol–water partition coefficient (Wildman–Crippen LogP) is 5.01. The van der Waals surface area contributed by atoms with Gasteiger partial charge in [0.1, 0.15) is 11.2 Å². The lowest BCUT2D eigenvalue weighted by Gasteiger charge is -2.32. The van der Waals surface area contributed by atoms with E-state index in [4.69, 9.17) is 9.47 Å². The molecule has 1 aliphatic heterocycles. The Morgan fingerprint density at radius 2 is 1.50 bits per heavy atom. The smallest absolute Gasteiger partial charge is 0.418 e. The summed E-state index contributed by atoms with van der Waals surface area (Å²) in [5.74, 6) is -0.240. The summed E-state index contributed by atoms with van der Waals surface area (Å²) in [6.45, 7) is 12.0. The Labute approximate surface area is 188 Å². The molecule has 174 valence electrons. The van der Waals surface area contributed by atoms with Gasteiger partial charge in [-0.1, -0.05) is 0 Å². The van der Waals surface area contributed by atoms with Crippen molar-refractivity contribution in [3.05, 3.63) is 30.5 Å². The summed E-state index contributed by atoms with van der Waals surface area (Å²) in [4.78, 5) is 39.0. The van der Waals surface area contributed by atoms with Crippen LogP contribution < -0.4 is 5.32 Å². The number of benzene rings is 1. The molecule has 0 spiro atoms. The topological polar surface area (TPSA) is 89.9 Å². The summed E-state index contributed by atoms with van der Waals surface area (Å²) in [5, 5.41) is 3.79. The number of nitrogens with zero attached hydrogens (tertiary/aromatic N) is 2. The van der Waals surface area contributed by atoms with Gasteiger partial charge in [-0.3, -0.25) is 9.36 Å². The summed E-state index contributed by atoms with van der Waals surface area (Å²) < 4.78 is 12.3. The fourth-order valence-corrected chi connectivity index (χ4v) is 3.59. The van der Waals surface area contributed by atoms with Gasteiger partial charge in [0.2, 0.25) is 5.91 Å². The molecule has 0 saturated carbocycles. The van der Waals surface area contributed by atoms with Crippen molar-refractivity contribution < 1.29 is 23.9 Å². The SMILES string of the molecule is CC(C)(C)OC(=O)N1CCC(C(=O)Nc2ccc3c(ccn3C(=O)OC(C)(C)C)c2)CC1. The third-order valence-electron chi connectivity index (χ3n) is 5.07. The first-order valence-corrected chi connectivity index (χ1v) is 11.0. The first-order valence-electron chi connectivity index (χ1n) is 11.0. The first kappa shape index (κ1) is 23.6. The van der Waals surface area contributed by atoms with Gasteiger partial charge in [-0.25, -0.2) is 9.59 Å². The van der Waals surface area contributed by atoms with Gasteiger partial charge >= 0.3 is 12.2 Å². The number of likely N-dealkylation sites (tertiary alicyclic amines) is 1. The molecule has 0 atom stereocenters. The minimum Gasteiger partial charge on any atom is -0.444 e. The fourth-order valence-electron chi connectivity index (χ4n) is 3.59.